The van der Waals surface area contributed by atoms with E-state index >= 15 is 0 Å². The Morgan fingerprint density at radius 3 is 2.71 bits per heavy atom. The quantitative estimate of drug-likeness (QED) is 0.853. The van der Waals surface area contributed by atoms with E-state index < -0.39 is 15.6 Å². The van der Waals surface area contributed by atoms with E-state index in [1.54, 1.807) is 18.2 Å². The van der Waals surface area contributed by atoms with E-state index in [0.717, 1.165) is 41.9 Å². The van der Waals surface area contributed by atoms with Crippen molar-refractivity contribution in [2.75, 3.05) is 6.54 Å². The lowest BCUT2D eigenvalue weighted by Crippen LogP contribution is -2.51. The first-order chi connectivity index (χ1) is 11.4. The van der Waals surface area contributed by atoms with Crippen molar-refractivity contribution >= 4 is 21.4 Å². The van der Waals surface area contributed by atoms with Gasteiger partial charge in [0.05, 0.1) is 4.90 Å². The number of nitrogens with zero attached hydrogens (tertiary/aromatic N) is 1. The molecule has 0 spiro atoms. The van der Waals surface area contributed by atoms with Gasteiger partial charge < -0.3 is 5.73 Å². The van der Waals surface area contributed by atoms with Crippen LogP contribution in [-0.2, 0) is 10.0 Å². The van der Waals surface area contributed by atoms with Crippen LogP contribution < -0.4 is 10.5 Å². The van der Waals surface area contributed by atoms with Crippen molar-refractivity contribution in [3.8, 4) is 10.6 Å². The van der Waals surface area contributed by atoms with Crippen LogP contribution in [0.2, 0.25) is 0 Å². The summed E-state index contributed by atoms with van der Waals surface area (Å²) in [5.41, 5.74) is 7.66. The van der Waals surface area contributed by atoms with Gasteiger partial charge in [0.15, 0.2) is 0 Å². The fourth-order valence-corrected chi connectivity index (χ4v) is 5.02. The van der Waals surface area contributed by atoms with Gasteiger partial charge in [0.1, 0.15) is 5.01 Å². The summed E-state index contributed by atoms with van der Waals surface area (Å²) in [6.07, 6.45) is 5.05. The van der Waals surface area contributed by atoms with Crippen LogP contribution in [0.15, 0.2) is 34.5 Å². The van der Waals surface area contributed by atoms with Crippen molar-refractivity contribution in [2.24, 2.45) is 5.73 Å². The van der Waals surface area contributed by atoms with Crippen molar-refractivity contribution in [3.63, 3.8) is 0 Å². The Morgan fingerprint density at radius 1 is 1.29 bits per heavy atom. The minimum atomic E-state index is -3.57. The molecular weight excluding hydrogens is 342 g/mol. The average Bonchev–Trinajstić information content (AvgIpc) is 3.01. The monoisotopic (exact) mass is 365 g/mol. The fourth-order valence-electron chi connectivity index (χ4n) is 3.04. The van der Waals surface area contributed by atoms with E-state index in [0.29, 0.717) is 0 Å². The van der Waals surface area contributed by atoms with Crippen LogP contribution in [-0.4, -0.2) is 25.5 Å². The highest BCUT2D eigenvalue weighted by atomic mass is 32.2. The summed E-state index contributed by atoms with van der Waals surface area (Å²) in [6.45, 7) is 2.21. The fraction of sp³-hybridized carbons (Fsp3) is 0.471. The van der Waals surface area contributed by atoms with Crippen molar-refractivity contribution < 1.29 is 8.42 Å². The van der Waals surface area contributed by atoms with Crippen molar-refractivity contribution in [2.45, 2.75) is 49.5 Å². The van der Waals surface area contributed by atoms with Crippen LogP contribution in [0, 0.1) is 6.92 Å². The number of sulfonamides is 1. The minimum Gasteiger partial charge on any atom is -0.324 e. The number of aryl methyl sites for hydroxylation is 1. The van der Waals surface area contributed by atoms with Gasteiger partial charge in [0.25, 0.3) is 0 Å². The average molecular weight is 366 g/mol. The molecule has 0 aliphatic heterocycles. The standard InChI is InChI=1S/C17H23N3O2S2/c1-13-11-23-16(20-13)14-6-5-7-15(10-14)24(21,22)19-12-17(18)8-3-2-4-9-17/h5-7,10-11,19H,2-4,8-9,12,18H2,1H3. The summed E-state index contributed by atoms with van der Waals surface area (Å²) in [6, 6.07) is 6.91. The number of nitrogens with one attached hydrogen (secondary N) is 1. The third-order valence-corrected chi connectivity index (χ3v) is 6.88. The van der Waals surface area contributed by atoms with Gasteiger partial charge in [-0.15, -0.1) is 11.3 Å². The lowest BCUT2D eigenvalue weighted by molar-refractivity contribution is 0.296. The van der Waals surface area contributed by atoms with Gasteiger partial charge in [0, 0.05) is 28.7 Å². The Morgan fingerprint density at radius 2 is 2.04 bits per heavy atom. The zero-order valence-electron chi connectivity index (χ0n) is 13.8. The predicted octanol–water partition coefficient (Wildman–Crippen LogP) is 3.06. The number of hydrogen-bond donors (Lipinski definition) is 2. The summed E-state index contributed by atoms with van der Waals surface area (Å²) >= 11 is 1.51. The molecule has 3 rings (SSSR count). The molecule has 5 nitrogen and oxygen atoms in total. The van der Waals surface area contributed by atoms with Crippen LogP contribution in [0.1, 0.15) is 37.8 Å². The maximum atomic E-state index is 12.6. The Labute approximate surface area is 147 Å². The number of rotatable bonds is 5. The molecule has 0 saturated heterocycles. The molecular formula is C17H23N3O2S2. The lowest BCUT2D eigenvalue weighted by atomic mass is 9.83. The maximum Gasteiger partial charge on any atom is 0.240 e. The van der Waals surface area contributed by atoms with Crippen molar-refractivity contribution in [1.82, 2.24) is 9.71 Å². The largest absolute Gasteiger partial charge is 0.324 e. The number of thiazole rings is 1. The van der Waals surface area contributed by atoms with E-state index in [2.05, 4.69) is 9.71 Å². The van der Waals surface area contributed by atoms with Gasteiger partial charge in [-0.2, -0.15) is 0 Å². The van der Waals surface area contributed by atoms with Crippen LogP contribution >= 0.6 is 11.3 Å². The molecule has 1 aliphatic carbocycles. The van der Waals surface area contributed by atoms with Crippen LogP contribution in [0.4, 0.5) is 0 Å². The second-order valence-corrected chi connectivity index (χ2v) is 9.19. The predicted molar refractivity (Wildman–Crippen MR) is 97.5 cm³/mol. The highest BCUT2D eigenvalue weighted by Gasteiger charge is 2.29. The topological polar surface area (TPSA) is 85.1 Å². The minimum absolute atomic E-state index is 0.257. The summed E-state index contributed by atoms with van der Waals surface area (Å²) in [4.78, 5) is 4.67. The van der Waals surface area contributed by atoms with Gasteiger partial charge in [-0.3, -0.25) is 0 Å². The molecule has 0 atom stereocenters. The highest BCUT2D eigenvalue weighted by Crippen LogP contribution is 2.27. The maximum absolute atomic E-state index is 12.6. The third kappa shape index (κ3) is 4.03. The van der Waals surface area contributed by atoms with E-state index in [1.807, 2.05) is 18.4 Å². The number of nitrogens with two attached hydrogens (primary N) is 1. The molecule has 130 valence electrons. The number of benzene rings is 1. The molecule has 1 aliphatic rings. The number of hydrogen-bond acceptors (Lipinski definition) is 5. The van der Waals surface area contributed by atoms with E-state index in [9.17, 15) is 8.42 Å². The van der Waals surface area contributed by atoms with Crippen LogP contribution in [0.5, 0.6) is 0 Å². The van der Waals surface area contributed by atoms with Gasteiger partial charge in [0.2, 0.25) is 10.0 Å². The van der Waals surface area contributed by atoms with E-state index in [-0.39, 0.29) is 11.4 Å². The summed E-state index contributed by atoms with van der Waals surface area (Å²) in [5, 5.41) is 2.78. The van der Waals surface area contributed by atoms with Gasteiger partial charge in [-0.25, -0.2) is 18.1 Å². The molecule has 1 aromatic carbocycles. The zero-order valence-corrected chi connectivity index (χ0v) is 15.4. The first-order valence-electron chi connectivity index (χ1n) is 8.19. The molecule has 0 amide bonds. The second kappa shape index (κ2) is 6.92. The molecule has 0 bridgehead atoms. The molecule has 1 saturated carbocycles. The molecule has 0 radical (unpaired) electrons. The summed E-state index contributed by atoms with van der Waals surface area (Å²) in [7, 11) is -3.57. The Balaban J connectivity index is 1.77. The summed E-state index contributed by atoms with van der Waals surface area (Å²) in [5.74, 6) is 0. The molecule has 7 heteroatoms. The second-order valence-electron chi connectivity index (χ2n) is 6.57. The van der Waals surface area contributed by atoms with Gasteiger partial charge in [-0.1, -0.05) is 31.4 Å². The van der Waals surface area contributed by atoms with E-state index in [1.165, 1.54) is 17.8 Å². The first-order valence-corrected chi connectivity index (χ1v) is 10.6. The molecule has 1 heterocycles. The lowest BCUT2D eigenvalue weighted by Gasteiger charge is -2.33. The van der Waals surface area contributed by atoms with Crippen molar-refractivity contribution in [1.29, 1.82) is 0 Å². The van der Waals surface area contributed by atoms with Crippen LogP contribution in [0.3, 0.4) is 0 Å². The molecule has 2 aromatic rings. The number of aromatic nitrogens is 1. The van der Waals surface area contributed by atoms with Crippen molar-refractivity contribution in [3.05, 3.63) is 35.3 Å². The van der Waals surface area contributed by atoms with E-state index in [4.69, 9.17) is 5.73 Å². The first kappa shape index (κ1) is 17.5. The Hall–Kier alpha value is -1.28. The normalized spacial score (nSPS) is 17.8. The molecule has 0 unspecified atom stereocenters. The van der Waals surface area contributed by atoms with Crippen LogP contribution in [0.25, 0.3) is 10.6 Å². The molecule has 1 aromatic heterocycles. The zero-order chi connectivity index (χ0) is 17.2. The highest BCUT2D eigenvalue weighted by molar-refractivity contribution is 7.89. The Bertz CT molecular complexity index is 809. The van der Waals surface area contributed by atoms with Gasteiger partial charge in [-0.05, 0) is 31.9 Å². The molecule has 1 fully saturated rings. The third-order valence-electron chi connectivity index (χ3n) is 4.47. The smallest absolute Gasteiger partial charge is 0.240 e. The SMILES string of the molecule is Cc1csc(-c2cccc(S(=O)(=O)NCC3(N)CCCCC3)c2)n1. The summed E-state index contributed by atoms with van der Waals surface area (Å²) < 4.78 is 27.9. The Kier molecular flexibility index (Phi) is 5.05. The van der Waals surface area contributed by atoms with Gasteiger partial charge >= 0.3 is 0 Å². The molecule has 24 heavy (non-hydrogen) atoms. The molecule has 3 N–H and O–H groups in total.